The van der Waals surface area contributed by atoms with Crippen LogP contribution in [0.4, 0.5) is 0 Å². The van der Waals surface area contributed by atoms with Crippen LogP contribution in [0.2, 0.25) is 0 Å². The minimum Gasteiger partial charge on any atom is -0.480 e. The number of nitriles is 1. The molecule has 0 radical (unpaired) electrons. The van der Waals surface area contributed by atoms with Gasteiger partial charge in [0, 0.05) is 23.4 Å². The molecule has 1 heterocycles. The first kappa shape index (κ1) is 33.2. The zero-order chi connectivity index (χ0) is 33.2. The summed E-state index contributed by atoms with van der Waals surface area (Å²) in [4.78, 5) is 62.5. The van der Waals surface area contributed by atoms with Crippen LogP contribution in [-0.4, -0.2) is 64.4 Å². The molecule has 12 heteroatoms. The van der Waals surface area contributed by atoms with E-state index in [1.54, 1.807) is 36.5 Å². The van der Waals surface area contributed by atoms with Crippen LogP contribution in [0.25, 0.3) is 21.5 Å². The molecular formula is C34H36N6O6. The maximum atomic E-state index is 13.1. The summed E-state index contributed by atoms with van der Waals surface area (Å²) >= 11 is 0. The molecule has 0 saturated heterocycles. The summed E-state index contributed by atoms with van der Waals surface area (Å²) in [6, 6.07) is 20.4. The van der Waals surface area contributed by atoms with Crippen molar-refractivity contribution in [1.29, 1.82) is 5.26 Å². The van der Waals surface area contributed by atoms with Gasteiger partial charge in [-0.2, -0.15) is 5.26 Å². The molecule has 2 atom stereocenters. The fourth-order valence-corrected chi connectivity index (χ4v) is 5.11. The van der Waals surface area contributed by atoms with Crippen molar-refractivity contribution in [1.82, 2.24) is 25.8 Å². The normalized spacial score (nSPS) is 12.2. The van der Waals surface area contributed by atoms with Crippen LogP contribution in [0.15, 0.2) is 72.9 Å². The molecule has 0 saturated carbocycles. The summed E-state index contributed by atoms with van der Waals surface area (Å²) < 4.78 is 1.53. The highest BCUT2D eigenvalue weighted by Crippen LogP contribution is 2.26. The van der Waals surface area contributed by atoms with Gasteiger partial charge in [-0.3, -0.25) is 19.2 Å². The van der Waals surface area contributed by atoms with Gasteiger partial charge in [-0.15, -0.1) is 0 Å². The summed E-state index contributed by atoms with van der Waals surface area (Å²) in [5.74, 6) is -3.64. The van der Waals surface area contributed by atoms with Crippen molar-refractivity contribution in [2.24, 2.45) is 5.92 Å². The number of aliphatic carboxylic acids is 1. The Labute approximate surface area is 265 Å². The van der Waals surface area contributed by atoms with Crippen LogP contribution in [0, 0.1) is 17.2 Å². The van der Waals surface area contributed by atoms with Crippen molar-refractivity contribution in [2.75, 3.05) is 13.1 Å². The van der Waals surface area contributed by atoms with Gasteiger partial charge in [0.25, 0.3) is 0 Å². The Balaban J connectivity index is 1.31. The van der Waals surface area contributed by atoms with Crippen LogP contribution < -0.4 is 21.3 Å². The van der Waals surface area contributed by atoms with Crippen molar-refractivity contribution < 1.29 is 29.1 Å². The SMILES string of the molecule is CC(C)C[C@H](NC(=O)[C@H](Cc1ccccc1)NC(=O)CNC(=O)CNC(=O)Cn1cc2cc3ccccc3cc2c1C#N)C(=O)O. The average Bonchev–Trinajstić information content (AvgIpc) is 3.36. The van der Waals surface area contributed by atoms with Crippen LogP contribution in [0.1, 0.15) is 31.5 Å². The van der Waals surface area contributed by atoms with E-state index in [0.717, 1.165) is 27.1 Å². The molecule has 0 fully saturated rings. The van der Waals surface area contributed by atoms with Crippen molar-refractivity contribution >= 4 is 51.1 Å². The molecule has 0 aliphatic carbocycles. The number of amides is 4. The molecule has 0 bridgehead atoms. The predicted octanol–water partition coefficient (Wildman–Crippen LogP) is 2.24. The lowest BCUT2D eigenvalue weighted by Crippen LogP contribution is -2.54. The molecule has 0 unspecified atom stereocenters. The third-order valence-corrected chi connectivity index (χ3v) is 7.32. The lowest BCUT2D eigenvalue weighted by molar-refractivity contribution is -0.142. The highest BCUT2D eigenvalue weighted by atomic mass is 16.4. The van der Waals surface area contributed by atoms with Crippen LogP contribution >= 0.6 is 0 Å². The number of carboxylic acids is 1. The van der Waals surface area contributed by atoms with E-state index >= 15 is 0 Å². The molecule has 46 heavy (non-hydrogen) atoms. The van der Waals surface area contributed by atoms with E-state index in [1.807, 2.05) is 50.2 Å². The number of carboxylic acid groups (broad SMARTS) is 1. The Morgan fingerprint density at radius 3 is 2.09 bits per heavy atom. The van der Waals surface area contributed by atoms with Crippen molar-refractivity contribution in [3.8, 4) is 6.07 Å². The van der Waals surface area contributed by atoms with E-state index in [2.05, 4.69) is 27.3 Å². The largest absolute Gasteiger partial charge is 0.480 e. The fourth-order valence-electron chi connectivity index (χ4n) is 5.11. The number of fused-ring (bicyclic) bond motifs is 2. The van der Waals surface area contributed by atoms with Gasteiger partial charge >= 0.3 is 5.97 Å². The van der Waals surface area contributed by atoms with Crippen LogP contribution in [0.3, 0.4) is 0 Å². The second-order valence-electron chi connectivity index (χ2n) is 11.4. The second kappa shape index (κ2) is 15.3. The summed E-state index contributed by atoms with van der Waals surface area (Å²) in [5, 5.41) is 32.8. The number of hydrogen-bond acceptors (Lipinski definition) is 6. The smallest absolute Gasteiger partial charge is 0.326 e. The summed E-state index contributed by atoms with van der Waals surface area (Å²) in [6.45, 7) is 2.60. The van der Waals surface area contributed by atoms with Gasteiger partial charge in [-0.1, -0.05) is 68.4 Å². The number of aromatic nitrogens is 1. The lowest BCUT2D eigenvalue weighted by Gasteiger charge is -2.22. The molecule has 0 spiro atoms. The van der Waals surface area contributed by atoms with E-state index in [9.17, 15) is 34.3 Å². The molecule has 238 valence electrons. The van der Waals surface area contributed by atoms with Gasteiger partial charge in [0.1, 0.15) is 30.4 Å². The monoisotopic (exact) mass is 624 g/mol. The van der Waals surface area contributed by atoms with Crippen molar-refractivity contribution in [3.63, 3.8) is 0 Å². The molecule has 0 aliphatic heterocycles. The molecule has 4 aromatic rings. The van der Waals surface area contributed by atoms with Gasteiger partial charge in [0.15, 0.2) is 0 Å². The Bertz CT molecular complexity index is 1790. The minimum atomic E-state index is -1.18. The maximum Gasteiger partial charge on any atom is 0.326 e. The first-order chi connectivity index (χ1) is 22.0. The number of nitrogens with one attached hydrogen (secondary N) is 4. The topological polar surface area (TPSA) is 182 Å². The van der Waals surface area contributed by atoms with E-state index in [0.29, 0.717) is 5.69 Å². The molecule has 4 amide bonds. The van der Waals surface area contributed by atoms with Crippen molar-refractivity contribution in [3.05, 3.63) is 84.2 Å². The molecule has 12 nitrogen and oxygen atoms in total. The zero-order valence-corrected chi connectivity index (χ0v) is 25.6. The van der Waals surface area contributed by atoms with Crippen molar-refractivity contribution in [2.45, 2.75) is 45.3 Å². The quantitative estimate of drug-likeness (QED) is 0.143. The fraction of sp³-hybridized carbons (Fsp3) is 0.294. The Morgan fingerprint density at radius 2 is 1.43 bits per heavy atom. The molecule has 3 aromatic carbocycles. The second-order valence-corrected chi connectivity index (χ2v) is 11.4. The van der Waals surface area contributed by atoms with E-state index in [-0.39, 0.29) is 25.3 Å². The number of hydrogen-bond donors (Lipinski definition) is 5. The molecule has 5 N–H and O–H groups in total. The highest BCUT2D eigenvalue weighted by molar-refractivity contribution is 6.01. The Hall–Kier alpha value is -5.70. The molecule has 4 rings (SSSR count). The number of carbonyl (C=O) groups is 5. The van der Waals surface area contributed by atoms with Crippen LogP contribution in [0.5, 0.6) is 0 Å². The number of benzene rings is 3. The number of nitrogens with zero attached hydrogens (tertiary/aromatic N) is 2. The maximum absolute atomic E-state index is 13.1. The summed E-state index contributed by atoms with van der Waals surface area (Å²) in [7, 11) is 0. The Morgan fingerprint density at radius 1 is 0.804 bits per heavy atom. The minimum absolute atomic E-state index is 0.0103. The number of rotatable bonds is 14. The molecular weight excluding hydrogens is 588 g/mol. The summed E-state index contributed by atoms with van der Waals surface area (Å²) in [5.41, 5.74) is 1.07. The van der Waals surface area contributed by atoms with E-state index in [4.69, 9.17) is 0 Å². The van der Waals surface area contributed by atoms with Gasteiger partial charge in [0.2, 0.25) is 23.6 Å². The third kappa shape index (κ3) is 8.92. The van der Waals surface area contributed by atoms with Gasteiger partial charge < -0.3 is 30.9 Å². The van der Waals surface area contributed by atoms with Gasteiger partial charge in [-0.25, -0.2) is 4.79 Å². The van der Waals surface area contributed by atoms with E-state index < -0.39 is 54.8 Å². The molecule has 0 aliphatic rings. The number of carbonyl (C=O) groups excluding carboxylic acids is 4. The predicted molar refractivity (Wildman–Crippen MR) is 171 cm³/mol. The highest BCUT2D eigenvalue weighted by Gasteiger charge is 2.27. The molecule has 1 aromatic heterocycles. The Kier molecular flexibility index (Phi) is 11.1. The average molecular weight is 625 g/mol. The first-order valence-electron chi connectivity index (χ1n) is 14.9. The van der Waals surface area contributed by atoms with Gasteiger partial charge in [-0.05, 0) is 40.8 Å². The first-order valence-corrected chi connectivity index (χ1v) is 14.9. The summed E-state index contributed by atoms with van der Waals surface area (Å²) in [6.07, 6.45) is 2.03. The van der Waals surface area contributed by atoms with E-state index in [1.165, 1.54) is 4.57 Å². The van der Waals surface area contributed by atoms with Gasteiger partial charge in [0.05, 0.1) is 13.1 Å². The lowest BCUT2D eigenvalue weighted by atomic mass is 10.0. The zero-order valence-electron chi connectivity index (χ0n) is 25.6. The van der Waals surface area contributed by atoms with Crippen LogP contribution in [-0.2, 0) is 36.9 Å². The third-order valence-electron chi connectivity index (χ3n) is 7.32. The standard InChI is InChI=1S/C34H36N6O6/c1-21(2)12-28(34(45)46)39-33(44)27(13-22-8-4-3-5-9-22)38-31(42)18-36-30(41)17-37-32(43)20-40-19-25-14-23-10-6-7-11-24(23)15-26(25)29(40)16-35/h3-11,14-15,19,21,27-28H,12-13,17-18,20H2,1-2H3,(H,36,41)(H,37,43)(H,38,42)(H,39,44)(H,45,46)/t27-,28-/m0/s1.